The predicted molar refractivity (Wildman–Crippen MR) is 93.5 cm³/mol. The Morgan fingerprint density at radius 2 is 1.63 bits per heavy atom. The highest BCUT2D eigenvalue weighted by Gasteiger charge is 2.21. The molecule has 12 heteroatoms. The Balaban J connectivity index is 2.38. The van der Waals surface area contributed by atoms with Crippen molar-refractivity contribution < 1.29 is 28.2 Å². The van der Waals surface area contributed by atoms with Gasteiger partial charge < -0.3 is 10.4 Å². The first-order valence-corrected chi connectivity index (χ1v) is 9.01. The highest BCUT2D eigenvalue weighted by atomic mass is 32.2. The lowest BCUT2D eigenvalue weighted by Gasteiger charge is -2.09. The lowest BCUT2D eigenvalue weighted by molar-refractivity contribution is -0.394. The topological polar surface area (TPSA) is 170 Å². The lowest BCUT2D eigenvalue weighted by Crippen LogP contribution is -2.13. The maximum atomic E-state index is 12.3. The molecule has 142 valence electrons. The number of non-ortho nitro benzene ring substituents is 2. The SMILES string of the molecule is CCS(=O)(=O)c1ccc(NC(=O)c2cc([N+](=O)[O-])cc([N+](=O)[O-])c2)c(O)c1. The summed E-state index contributed by atoms with van der Waals surface area (Å²) in [6.45, 7) is 1.43. The van der Waals surface area contributed by atoms with Crippen molar-refractivity contribution in [1.29, 1.82) is 0 Å². The number of nitrogens with one attached hydrogen (secondary N) is 1. The number of phenolic OH excluding ortho intramolecular Hbond substituents is 1. The van der Waals surface area contributed by atoms with E-state index in [4.69, 9.17) is 0 Å². The van der Waals surface area contributed by atoms with E-state index in [0.29, 0.717) is 6.07 Å². The molecule has 0 aliphatic heterocycles. The largest absolute Gasteiger partial charge is 0.506 e. The highest BCUT2D eigenvalue weighted by Crippen LogP contribution is 2.28. The molecule has 0 saturated carbocycles. The number of benzene rings is 2. The second-order valence-corrected chi connectivity index (χ2v) is 7.57. The van der Waals surface area contributed by atoms with Crippen molar-refractivity contribution in [2.24, 2.45) is 0 Å². The number of carbonyl (C=O) groups is 1. The van der Waals surface area contributed by atoms with Gasteiger partial charge >= 0.3 is 0 Å². The molecule has 2 aromatic rings. The molecule has 0 saturated heterocycles. The summed E-state index contributed by atoms with van der Waals surface area (Å²) < 4.78 is 23.6. The van der Waals surface area contributed by atoms with Crippen LogP contribution in [0.3, 0.4) is 0 Å². The second-order valence-electron chi connectivity index (χ2n) is 5.29. The Morgan fingerprint density at radius 1 is 1.07 bits per heavy atom. The summed E-state index contributed by atoms with van der Waals surface area (Å²) in [4.78, 5) is 32.1. The molecule has 0 aliphatic carbocycles. The first-order chi connectivity index (χ1) is 12.5. The van der Waals surface area contributed by atoms with Gasteiger partial charge in [0.25, 0.3) is 17.3 Å². The normalized spacial score (nSPS) is 11.0. The summed E-state index contributed by atoms with van der Waals surface area (Å²) in [5.74, 6) is -1.68. The number of hydrogen-bond acceptors (Lipinski definition) is 8. The van der Waals surface area contributed by atoms with Crippen LogP contribution in [-0.2, 0) is 9.84 Å². The van der Waals surface area contributed by atoms with Crippen molar-refractivity contribution in [2.45, 2.75) is 11.8 Å². The first kappa shape index (κ1) is 19.8. The maximum absolute atomic E-state index is 12.3. The smallest absolute Gasteiger partial charge is 0.277 e. The van der Waals surface area contributed by atoms with Gasteiger partial charge in [0.1, 0.15) is 5.75 Å². The van der Waals surface area contributed by atoms with Gasteiger partial charge in [0.15, 0.2) is 9.84 Å². The number of nitrogens with zero attached hydrogens (tertiary/aromatic N) is 2. The Morgan fingerprint density at radius 3 is 2.07 bits per heavy atom. The number of carbonyl (C=O) groups excluding carboxylic acids is 1. The fourth-order valence-corrected chi connectivity index (χ4v) is 3.01. The molecule has 0 aromatic heterocycles. The molecule has 2 rings (SSSR count). The zero-order valence-electron chi connectivity index (χ0n) is 13.8. The minimum atomic E-state index is -3.57. The number of nitro groups is 2. The van der Waals surface area contributed by atoms with Crippen molar-refractivity contribution in [3.63, 3.8) is 0 Å². The van der Waals surface area contributed by atoms with Crippen LogP contribution in [0.1, 0.15) is 17.3 Å². The van der Waals surface area contributed by atoms with E-state index in [0.717, 1.165) is 24.3 Å². The zero-order chi connectivity index (χ0) is 20.4. The fraction of sp³-hybridized carbons (Fsp3) is 0.133. The van der Waals surface area contributed by atoms with Crippen LogP contribution in [0.4, 0.5) is 17.1 Å². The van der Waals surface area contributed by atoms with E-state index < -0.39 is 42.7 Å². The number of amides is 1. The number of aromatic hydroxyl groups is 1. The van der Waals surface area contributed by atoms with Gasteiger partial charge in [0.05, 0.1) is 37.8 Å². The average Bonchev–Trinajstić information content (AvgIpc) is 2.62. The molecule has 0 fully saturated rings. The zero-order valence-corrected chi connectivity index (χ0v) is 14.6. The number of sulfone groups is 1. The van der Waals surface area contributed by atoms with Crippen LogP contribution in [0.5, 0.6) is 5.75 Å². The molecule has 0 spiro atoms. The summed E-state index contributed by atoms with van der Waals surface area (Å²) in [6, 6.07) is 5.65. The minimum Gasteiger partial charge on any atom is -0.506 e. The number of anilines is 1. The van der Waals surface area contributed by atoms with Gasteiger partial charge in [-0.05, 0) is 12.1 Å². The van der Waals surface area contributed by atoms with Gasteiger partial charge in [-0.1, -0.05) is 6.92 Å². The van der Waals surface area contributed by atoms with Gasteiger partial charge in [-0.25, -0.2) is 8.42 Å². The Kier molecular flexibility index (Phi) is 5.40. The molecule has 0 bridgehead atoms. The number of rotatable bonds is 6. The van der Waals surface area contributed by atoms with Crippen molar-refractivity contribution in [3.05, 3.63) is 62.2 Å². The van der Waals surface area contributed by atoms with Crippen LogP contribution in [0, 0.1) is 20.2 Å². The number of hydrogen-bond donors (Lipinski definition) is 2. The molecule has 0 unspecified atom stereocenters. The Labute approximate surface area is 152 Å². The highest BCUT2D eigenvalue weighted by molar-refractivity contribution is 7.91. The van der Waals surface area contributed by atoms with Gasteiger partial charge in [-0.2, -0.15) is 0 Å². The Hall–Kier alpha value is -3.54. The predicted octanol–water partition coefficient (Wildman–Crippen LogP) is 2.25. The van der Waals surface area contributed by atoms with Crippen LogP contribution in [0.15, 0.2) is 41.3 Å². The standard InChI is InChI=1S/C15H13N3O8S/c1-2-27(25,26)12-3-4-13(14(19)8-12)16-15(20)9-5-10(17(21)22)7-11(6-9)18(23)24/h3-8,19H,2H2,1H3,(H,16,20). The van der Waals surface area contributed by atoms with Crippen LogP contribution in [0.2, 0.25) is 0 Å². The minimum absolute atomic E-state index is 0.147. The molecule has 0 radical (unpaired) electrons. The summed E-state index contributed by atoms with van der Waals surface area (Å²) in [7, 11) is -3.57. The van der Waals surface area contributed by atoms with E-state index >= 15 is 0 Å². The average molecular weight is 395 g/mol. The third-order valence-corrected chi connectivity index (χ3v) is 5.28. The summed E-state index contributed by atoms with van der Waals surface area (Å²) in [5.41, 5.74) is -1.84. The maximum Gasteiger partial charge on any atom is 0.277 e. The summed E-state index contributed by atoms with van der Waals surface area (Å²) >= 11 is 0. The van der Waals surface area contributed by atoms with E-state index in [1.807, 2.05) is 0 Å². The van der Waals surface area contributed by atoms with E-state index in [-0.39, 0.29) is 21.9 Å². The molecule has 27 heavy (non-hydrogen) atoms. The molecule has 0 heterocycles. The van der Waals surface area contributed by atoms with E-state index in [1.165, 1.54) is 13.0 Å². The van der Waals surface area contributed by atoms with Crippen molar-refractivity contribution in [3.8, 4) is 5.75 Å². The lowest BCUT2D eigenvalue weighted by atomic mass is 10.1. The third kappa shape index (κ3) is 4.36. The molecule has 2 aromatic carbocycles. The van der Waals surface area contributed by atoms with Crippen LogP contribution >= 0.6 is 0 Å². The molecule has 2 N–H and O–H groups in total. The molecule has 0 aliphatic rings. The van der Waals surface area contributed by atoms with Crippen molar-refractivity contribution in [2.75, 3.05) is 11.1 Å². The summed E-state index contributed by atoms with van der Waals surface area (Å²) in [5, 5.41) is 33.9. The first-order valence-electron chi connectivity index (χ1n) is 7.36. The molecule has 0 atom stereocenters. The van der Waals surface area contributed by atoms with Gasteiger partial charge in [0.2, 0.25) is 0 Å². The fourth-order valence-electron chi connectivity index (χ4n) is 2.11. The van der Waals surface area contributed by atoms with E-state index in [2.05, 4.69) is 5.32 Å². The van der Waals surface area contributed by atoms with Crippen molar-refractivity contribution in [1.82, 2.24) is 0 Å². The summed E-state index contributed by atoms with van der Waals surface area (Å²) in [6.07, 6.45) is 0. The third-order valence-electron chi connectivity index (χ3n) is 3.54. The van der Waals surface area contributed by atoms with E-state index in [9.17, 15) is 38.5 Å². The quantitative estimate of drug-likeness (QED) is 0.426. The van der Waals surface area contributed by atoms with Crippen LogP contribution < -0.4 is 5.32 Å². The van der Waals surface area contributed by atoms with Crippen LogP contribution in [0.25, 0.3) is 0 Å². The molecular formula is C15H13N3O8S. The molecule has 1 amide bonds. The van der Waals surface area contributed by atoms with E-state index in [1.54, 1.807) is 0 Å². The van der Waals surface area contributed by atoms with Gasteiger partial charge in [0, 0.05) is 18.2 Å². The molecular weight excluding hydrogens is 382 g/mol. The van der Waals surface area contributed by atoms with Crippen LogP contribution in [-0.4, -0.2) is 35.0 Å². The second kappa shape index (κ2) is 7.37. The number of nitro benzene ring substituents is 2. The Bertz CT molecular complexity index is 1020. The van der Waals surface area contributed by atoms with Crippen molar-refractivity contribution >= 4 is 32.8 Å². The van der Waals surface area contributed by atoms with Gasteiger partial charge in [-0.3, -0.25) is 25.0 Å². The molecule has 11 nitrogen and oxygen atoms in total. The number of phenols is 1. The monoisotopic (exact) mass is 395 g/mol. The van der Waals surface area contributed by atoms with Gasteiger partial charge in [-0.15, -0.1) is 0 Å².